The molecule has 0 radical (unpaired) electrons. The van der Waals surface area contributed by atoms with Crippen molar-refractivity contribution in [2.24, 2.45) is 0 Å². The third-order valence-electron chi connectivity index (χ3n) is 3.68. The smallest absolute Gasteiger partial charge is 0.359 e. The molecule has 0 saturated heterocycles. The number of nitrogens with zero attached hydrogens (tertiary/aromatic N) is 3. The summed E-state index contributed by atoms with van der Waals surface area (Å²) in [5, 5.41) is 4.28. The molecule has 1 saturated carbocycles. The highest BCUT2D eigenvalue weighted by Gasteiger charge is 2.34. The van der Waals surface area contributed by atoms with E-state index >= 15 is 0 Å². The minimum Gasteiger partial charge on any atom is -0.464 e. The molecule has 21 heavy (non-hydrogen) atoms. The van der Waals surface area contributed by atoms with Crippen LogP contribution >= 0.6 is 15.9 Å². The molecule has 1 fully saturated rings. The van der Waals surface area contributed by atoms with Crippen LogP contribution in [0.15, 0.2) is 4.47 Å². The summed E-state index contributed by atoms with van der Waals surface area (Å²) in [6.45, 7) is 5.38. The number of carbonyl (C=O) groups excluding carboxylic acids is 2. The zero-order chi connectivity index (χ0) is 15.6. The van der Waals surface area contributed by atoms with Gasteiger partial charge >= 0.3 is 5.97 Å². The van der Waals surface area contributed by atoms with Gasteiger partial charge < -0.3 is 9.64 Å². The van der Waals surface area contributed by atoms with Crippen molar-refractivity contribution in [2.75, 3.05) is 20.2 Å². The van der Waals surface area contributed by atoms with E-state index in [0.717, 1.165) is 18.5 Å². The molecule has 1 aromatic heterocycles. The van der Waals surface area contributed by atoms with Gasteiger partial charge in [-0.05, 0) is 42.6 Å². The fourth-order valence-corrected chi connectivity index (χ4v) is 3.12. The molecule has 6 nitrogen and oxygen atoms in total. The van der Waals surface area contributed by atoms with Gasteiger partial charge in [-0.1, -0.05) is 0 Å². The van der Waals surface area contributed by atoms with E-state index in [1.165, 1.54) is 7.11 Å². The number of rotatable bonds is 6. The van der Waals surface area contributed by atoms with E-state index in [9.17, 15) is 9.59 Å². The van der Waals surface area contributed by atoms with Gasteiger partial charge in [0, 0.05) is 19.0 Å². The van der Waals surface area contributed by atoms with E-state index < -0.39 is 5.97 Å². The molecular formula is C14H20BrN3O3. The van der Waals surface area contributed by atoms with Crippen LogP contribution in [0.25, 0.3) is 0 Å². The van der Waals surface area contributed by atoms with Crippen LogP contribution < -0.4 is 0 Å². The van der Waals surface area contributed by atoms with Crippen molar-refractivity contribution in [3.63, 3.8) is 0 Å². The highest BCUT2D eigenvalue weighted by Crippen LogP contribution is 2.44. The highest BCUT2D eigenvalue weighted by atomic mass is 79.9. The van der Waals surface area contributed by atoms with E-state index in [2.05, 4.69) is 21.0 Å². The molecule has 0 atom stereocenters. The second-order valence-corrected chi connectivity index (χ2v) is 5.83. The fourth-order valence-electron chi connectivity index (χ4n) is 2.35. The number of likely N-dealkylation sites (N-methyl/N-ethyl adjacent to an activating group) is 1. The van der Waals surface area contributed by atoms with E-state index in [4.69, 9.17) is 4.74 Å². The lowest BCUT2D eigenvalue weighted by molar-refractivity contribution is -0.131. The van der Waals surface area contributed by atoms with E-state index in [-0.39, 0.29) is 18.1 Å². The Morgan fingerprint density at radius 1 is 1.38 bits per heavy atom. The quantitative estimate of drug-likeness (QED) is 0.732. The molecule has 0 spiro atoms. The predicted molar refractivity (Wildman–Crippen MR) is 81.2 cm³/mol. The monoisotopic (exact) mass is 357 g/mol. The maximum atomic E-state index is 12.3. The molecule has 1 aromatic rings. The lowest BCUT2D eigenvalue weighted by Crippen LogP contribution is -2.34. The van der Waals surface area contributed by atoms with E-state index in [1.807, 2.05) is 13.8 Å². The number of amides is 1. The van der Waals surface area contributed by atoms with Crippen LogP contribution in [0, 0.1) is 0 Å². The van der Waals surface area contributed by atoms with Crippen molar-refractivity contribution in [3.8, 4) is 0 Å². The first-order valence-electron chi connectivity index (χ1n) is 7.15. The Balaban J connectivity index is 2.30. The minimum absolute atomic E-state index is 0.00770. The molecule has 0 bridgehead atoms. The minimum atomic E-state index is -0.488. The zero-order valence-electron chi connectivity index (χ0n) is 12.6. The van der Waals surface area contributed by atoms with Crippen molar-refractivity contribution >= 4 is 27.8 Å². The lowest BCUT2D eigenvalue weighted by Gasteiger charge is -2.19. The Morgan fingerprint density at radius 3 is 2.48 bits per heavy atom. The Hall–Kier alpha value is -1.37. The molecule has 0 aliphatic heterocycles. The molecule has 1 heterocycles. The average Bonchev–Trinajstić information content (AvgIpc) is 3.24. The summed E-state index contributed by atoms with van der Waals surface area (Å²) in [6, 6.07) is 0. The maximum absolute atomic E-state index is 12.3. The van der Waals surface area contributed by atoms with E-state index in [1.54, 1.807) is 9.58 Å². The number of carbonyl (C=O) groups is 2. The SMILES string of the molecule is CCN(CC)C(=O)Cn1nc(C(=O)OC)c(Br)c1C1CC1. The van der Waals surface area contributed by atoms with Gasteiger partial charge in [0.25, 0.3) is 0 Å². The number of hydrogen-bond acceptors (Lipinski definition) is 4. The van der Waals surface area contributed by atoms with Crippen LogP contribution in [0.3, 0.4) is 0 Å². The van der Waals surface area contributed by atoms with Crippen LogP contribution in [-0.4, -0.2) is 46.8 Å². The number of hydrogen-bond donors (Lipinski definition) is 0. The lowest BCUT2D eigenvalue weighted by atomic mass is 10.2. The number of ether oxygens (including phenoxy) is 1. The largest absolute Gasteiger partial charge is 0.464 e. The van der Waals surface area contributed by atoms with Gasteiger partial charge in [-0.25, -0.2) is 4.79 Å². The first kappa shape index (κ1) is 16.0. The molecule has 0 aromatic carbocycles. The van der Waals surface area contributed by atoms with Gasteiger partial charge in [0.1, 0.15) is 6.54 Å². The first-order valence-corrected chi connectivity index (χ1v) is 7.95. The number of methoxy groups -OCH3 is 1. The molecule has 1 aliphatic carbocycles. The first-order chi connectivity index (χ1) is 10.0. The third-order valence-corrected chi connectivity index (χ3v) is 4.46. The average molecular weight is 358 g/mol. The maximum Gasteiger partial charge on any atom is 0.359 e. The van der Waals surface area contributed by atoms with Crippen LogP contribution in [0.5, 0.6) is 0 Å². The Kier molecular flexibility index (Phi) is 5.03. The van der Waals surface area contributed by atoms with Crippen molar-refractivity contribution in [2.45, 2.75) is 39.2 Å². The summed E-state index contributed by atoms with van der Waals surface area (Å²) in [7, 11) is 1.33. The normalized spacial score (nSPS) is 14.1. The van der Waals surface area contributed by atoms with Gasteiger partial charge in [0.2, 0.25) is 5.91 Å². The van der Waals surface area contributed by atoms with Crippen LogP contribution in [-0.2, 0) is 16.1 Å². The molecule has 116 valence electrons. The number of halogens is 1. The number of esters is 1. The Bertz CT molecular complexity index is 548. The second-order valence-electron chi connectivity index (χ2n) is 5.04. The molecule has 1 amide bonds. The van der Waals surface area contributed by atoms with Crippen molar-refractivity contribution in [1.82, 2.24) is 14.7 Å². The van der Waals surface area contributed by atoms with Gasteiger partial charge in [-0.15, -0.1) is 0 Å². The third kappa shape index (κ3) is 3.28. The Morgan fingerprint density at radius 2 is 2.00 bits per heavy atom. The van der Waals surface area contributed by atoms with Gasteiger partial charge in [0.05, 0.1) is 17.3 Å². The van der Waals surface area contributed by atoms with Gasteiger partial charge in [-0.3, -0.25) is 9.48 Å². The fraction of sp³-hybridized carbons (Fsp3) is 0.643. The summed E-state index contributed by atoms with van der Waals surface area (Å²) < 4.78 is 7.04. The predicted octanol–water partition coefficient (Wildman–Crippen LogP) is 2.18. The summed E-state index contributed by atoms with van der Waals surface area (Å²) in [6.07, 6.45) is 2.12. The summed E-state index contributed by atoms with van der Waals surface area (Å²) in [5.74, 6) is -0.110. The van der Waals surface area contributed by atoms with Crippen LogP contribution in [0.1, 0.15) is 48.8 Å². The Labute approximate surface area is 132 Å². The van der Waals surface area contributed by atoms with Crippen LogP contribution in [0.4, 0.5) is 0 Å². The van der Waals surface area contributed by atoms with E-state index in [0.29, 0.717) is 23.5 Å². The van der Waals surface area contributed by atoms with Gasteiger partial charge in [0.15, 0.2) is 5.69 Å². The summed E-state index contributed by atoms with van der Waals surface area (Å²) in [4.78, 5) is 25.8. The molecule has 1 aliphatic rings. The molecule has 2 rings (SSSR count). The van der Waals surface area contributed by atoms with Gasteiger partial charge in [-0.2, -0.15) is 5.10 Å². The summed E-state index contributed by atoms with van der Waals surface area (Å²) >= 11 is 3.44. The highest BCUT2D eigenvalue weighted by molar-refractivity contribution is 9.10. The van der Waals surface area contributed by atoms with Crippen LogP contribution in [0.2, 0.25) is 0 Å². The topological polar surface area (TPSA) is 64.4 Å². The van der Waals surface area contributed by atoms with Crippen molar-refractivity contribution < 1.29 is 14.3 Å². The molecule has 0 N–H and O–H groups in total. The number of aromatic nitrogens is 2. The molecule has 7 heteroatoms. The zero-order valence-corrected chi connectivity index (χ0v) is 14.1. The molecule has 0 unspecified atom stereocenters. The summed E-state index contributed by atoms with van der Waals surface area (Å²) in [5.41, 5.74) is 1.17. The molecular weight excluding hydrogens is 338 g/mol. The van der Waals surface area contributed by atoms with Crippen molar-refractivity contribution in [1.29, 1.82) is 0 Å². The van der Waals surface area contributed by atoms with Crippen molar-refractivity contribution in [3.05, 3.63) is 15.9 Å². The second kappa shape index (κ2) is 6.60. The standard InChI is InChI=1S/C14H20BrN3O3/c1-4-17(5-2)10(19)8-18-13(9-6-7-9)11(15)12(16-18)14(20)21-3/h9H,4-8H2,1-3H3.